The van der Waals surface area contributed by atoms with Crippen molar-refractivity contribution in [3.05, 3.63) is 422 Å². The number of carboxylic acids is 2. The summed E-state index contributed by atoms with van der Waals surface area (Å²) in [5.74, 6) is -2.43. The molecule has 4 saturated heterocycles. The lowest BCUT2D eigenvalue weighted by atomic mass is 9.99. The topological polar surface area (TPSA) is 152 Å². The second-order valence-electron chi connectivity index (χ2n) is 38.1. The molecule has 19 heteroatoms. The normalized spacial score (nSPS) is 14.2. The van der Waals surface area contributed by atoms with Crippen LogP contribution < -0.4 is 25.3 Å². The zero-order chi connectivity index (χ0) is 104. The number of nitrogens with one attached hydrogen (secondary N) is 2. The Morgan fingerprint density at radius 1 is 0.351 bits per heavy atom. The van der Waals surface area contributed by atoms with E-state index >= 15 is 0 Å². The van der Waals surface area contributed by atoms with Crippen LogP contribution in [-0.4, -0.2) is 150 Å². The highest BCUT2D eigenvalue weighted by molar-refractivity contribution is 7.45. The van der Waals surface area contributed by atoms with Crippen LogP contribution in [0, 0.1) is 46.4 Å². The molecule has 22 rings (SSSR count). The van der Waals surface area contributed by atoms with Crippen LogP contribution in [0.3, 0.4) is 0 Å². The van der Waals surface area contributed by atoms with Crippen molar-refractivity contribution in [2.24, 2.45) is 5.92 Å². The van der Waals surface area contributed by atoms with E-state index in [1.165, 1.54) is 249 Å². The number of rotatable bonds is 26. The number of piperazine rings is 2. The average molecular weight is 2070 g/mol. The second kappa shape index (κ2) is 61.8. The molecular weight excluding hydrogens is 1920 g/mol. The van der Waals surface area contributed by atoms with Gasteiger partial charge in [0.25, 0.3) is 0 Å². The molecule has 18 aromatic rings. The van der Waals surface area contributed by atoms with Crippen molar-refractivity contribution in [1.29, 1.82) is 0 Å². The van der Waals surface area contributed by atoms with Crippen LogP contribution in [0.2, 0.25) is 0 Å². The fraction of sp³-hybridized carbons (Fsp3) is 0.318. The zero-order valence-corrected chi connectivity index (χ0v) is 92.5. The van der Waals surface area contributed by atoms with Gasteiger partial charge in [0.1, 0.15) is 32.7 Å². The highest BCUT2D eigenvalue weighted by Gasteiger charge is 2.25. The van der Waals surface area contributed by atoms with Crippen molar-refractivity contribution in [3.8, 4) is 24.5 Å². The first-order chi connectivity index (χ1) is 72.4. The monoisotopic (exact) mass is 2070 g/mol. The minimum absolute atomic E-state index is 0.116. The lowest BCUT2D eigenvalue weighted by molar-refractivity contribution is -0.312. The van der Waals surface area contributed by atoms with E-state index in [1.807, 2.05) is 12.1 Å². The van der Waals surface area contributed by atoms with Crippen molar-refractivity contribution in [3.63, 3.8) is 0 Å². The van der Waals surface area contributed by atoms with Gasteiger partial charge in [0.15, 0.2) is 48.0 Å². The van der Waals surface area contributed by atoms with Crippen molar-refractivity contribution in [2.75, 3.05) is 128 Å². The summed E-state index contributed by atoms with van der Waals surface area (Å²) in [7, 11) is 2.92. The number of carbonyl (C=O) groups is 2. The number of piperidine rings is 1. The minimum atomic E-state index is -1.17. The molecule has 5 unspecified atom stereocenters. The van der Waals surface area contributed by atoms with E-state index in [1.54, 1.807) is 18.2 Å². The number of hydrogen-bond acceptors (Lipinski definition) is 10. The number of anilines is 2. The van der Waals surface area contributed by atoms with E-state index in [2.05, 4.69) is 432 Å². The maximum absolute atomic E-state index is 12.9. The Bertz CT molecular complexity index is 6180. The molecule has 0 bridgehead atoms. The number of hydrogen-bond donors (Lipinski definition) is 2. The molecule has 13 nitrogen and oxygen atoms in total. The van der Waals surface area contributed by atoms with Gasteiger partial charge in [-0.15, -0.1) is 19.6 Å². The lowest BCUT2D eigenvalue weighted by Gasteiger charge is -2.36. The van der Waals surface area contributed by atoms with Crippen LogP contribution in [0.4, 0.5) is 15.8 Å². The number of carbonyl (C=O) groups excluding carboxylic acids is 2. The summed E-state index contributed by atoms with van der Waals surface area (Å²) < 4.78 is 20.3. The number of carboxylic acid groups (broad SMARTS) is 2. The summed E-state index contributed by atoms with van der Waals surface area (Å²) in [5.41, 5.74) is 11.0. The SMILES string of the molecule is CCCCCN1CCN(C)CC1.CCCCC[N-]Cc1ccc(N2CCCC2)cc1.CC[N-]CCCCCN1CCN(c2ccc(F)cc2)CC1.Cc1c[s+](-c2ccccc2)c2ccccc12.Cc1c[s+](-c2ccccc2)c2ccccc12.Cc1c[s+](-c2ccccc2)c2ccccc12.Cc1c[s+](-c2ccccc2)c2ccccc12.Cc1c[s+](-c2ccccc2)c2ccccc12.O=C([O-])C1CCNCC1.O=C([O-])c1ccc[nH]1. The summed E-state index contributed by atoms with van der Waals surface area (Å²) in [6, 6.07) is 116. The summed E-state index contributed by atoms with van der Waals surface area (Å²) in [6.45, 7) is 37.4. The van der Waals surface area contributed by atoms with Gasteiger partial charge in [0.05, 0.1) is 11.7 Å². The van der Waals surface area contributed by atoms with Gasteiger partial charge < -0.3 is 60.3 Å². The lowest BCUT2D eigenvalue weighted by Crippen LogP contribution is -2.46. The van der Waals surface area contributed by atoms with Crippen LogP contribution in [-0.2, 0) is 11.3 Å². The van der Waals surface area contributed by atoms with E-state index in [-0.39, 0.29) is 69.8 Å². The third-order valence-electron chi connectivity index (χ3n) is 27.1. The molecule has 4 fully saturated rings. The quantitative estimate of drug-likeness (QED) is 0.0396. The fourth-order valence-electron chi connectivity index (χ4n) is 18.7. The molecule has 774 valence electrons. The Kier molecular flexibility index (Phi) is 47.2. The van der Waals surface area contributed by atoms with Crippen LogP contribution in [0.15, 0.2) is 367 Å². The number of aromatic nitrogens is 1. The average Bonchev–Trinajstić information content (AvgIpc) is 1.66. The number of aliphatic carboxylic acids is 1. The maximum atomic E-state index is 12.9. The summed E-state index contributed by atoms with van der Waals surface area (Å²) >= 11 is 0. The molecular formula is C129H153FN9O4S5+. The van der Waals surface area contributed by atoms with Crippen molar-refractivity contribution < 1.29 is 24.2 Å². The fourth-order valence-corrected chi connectivity index (χ4v) is 29.4. The van der Waals surface area contributed by atoms with E-state index in [0.29, 0.717) is 0 Å². The molecule has 12 aromatic carbocycles. The molecule has 0 amide bonds. The van der Waals surface area contributed by atoms with Crippen LogP contribution in [0.1, 0.15) is 148 Å². The van der Waals surface area contributed by atoms with Crippen molar-refractivity contribution in [1.82, 2.24) is 25.0 Å². The van der Waals surface area contributed by atoms with Gasteiger partial charge in [0.2, 0.25) is 0 Å². The molecule has 10 heterocycles. The molecule has 0 saturated carbocycles. The first-order valence-corrected chi connectivity index (χ1v) is 59.7. The highest BCUT2D eigenvalue weighted by Crippen LogP contribution is 2.47. The Balaban J connectivity index is 0.000000138. The number of benzene rings is 12. The molecule has 5 atom stereocenters. The molecule has 6 aromatic heterocycles. The minimum Gasteiger partial charge on any atom is -0.662 e. The van der Waals surface area contributed by atoms with Crippen LogP contribution >= 0.6 is 52.3 Å². The molecule has 4 aliphatic rings. The highest BCUT2D eigenvalue weighted by atomic mass is 32.2. The van der Waals surface area contributed by atoms with Gasteiger partial charge in [-0.3, -0.25) is 4.90 Å². The number of aromatic amines is 1. The number of likely N-dealkylation sites (N-methyl/N-ethyl adjacent to an activating group) is 1. The van der Waals surface area contributed by atoms with E-state index < -0.39 is 11.9 Å². The predicted molar refractivity (Wildman–Crippen MR) is 639 cm³/mol. The van der Waals surface area contributed by atoms with Crippen molar-refractivity contribution >= 4 is 126 Å². The van der Waals surface area contributed by atoms with Gasteiger partial charge in [-0.2, -0.15) is 6.54 Å². The molecule has 4 aliphatic heterocycles. The van der Waals surface area contributed by atoms with Crippen LogP contribution in [0.5, 0.6) is 0 Å². The predicted octanol–water partition coefficient (Wildman–Crippen LogP) is 31.8. The van der Waals surface area contributed by atoms with Crippen LogP contribution in [0.25, 0.3) is 85.5 Å². The van der Waals surface area contributed by atoms with E-state index in [4.69, 9.17) is 0 Å². The molecule has 0 aliphatic carbocycles. The van der Waals surface area contributed by atoms with Crippen molar-refractivity contribution in [2.45, 2.75) is 145 Å². The first-order valence-electron chi connectivity index (χ1n) is 53.2. The van der Waals surface area contributed by atoms with E-state index in [9.17, 15) is 24.2 Å². The number of nitrogens with zero attached hydrogens (tertiary/aromatic N) is 7. The number of thiophene rings is 5. The van der Waals surface area contributed by atoms with Gasteiger partial charge in [0, 0.05) is 202 Å². The smallest absolute Gasteiger partial charge is 0.186 e. The van der Waals surface area contributed by atoms with Gasteiger partial charge in [-0.05, 0) is 276 Å². The Labute approximate surface area is 894 Å². The first kappa shape index (κ1) is 113. The molecule has 2 N–H and O–H groups in total. The van der Waals surface area contributed by atoms with E-state index in [0.717, 1.165) is 84.0 Å². The van der Waals surface area contributed by atoms with Gasteiger partial charge in [-0.1, -0.05) is 235 Å². The number of fused-ring (bicyclic) bond motifs is 5. The molecule has 148 heavy (non-hydrogen) atoms. The number of aromatic carboxylic acids is 1. The zero-order valence-electron chi connectivity index (χ0n) is 88.4. The maximum Gasteiger partial charge on any atom is 0.186 e. The second-order valence-corrected chi connectivity index (χ2v) is 47.2. The number of unbranched alkanes of at least 4 members (excludes halogenated alkanes) is 6. The standard InChI is InChI=1S/C17H27FN3.C16H25N2.5C15H13S.C10H22N2.C6H11NO2.C5H5NO2/c1-2-19-10-4-3-5-11-20-12-14-21(15-13-20)17-8-6-16(18)7-9-17;1-2-3-4-11-17-14-15-7-9-16(10-8-15)18-12-5-6-13-18;5*1-12-11-16(13-7-3-2-4-8-13)15-10-6-5-9-14(12)15;1-3-4-5-6-12-9-7-11(2)8-10-12;8-6(9)5-1-3-7-4-2-5;7-5(8)4-2-1-3-6-4/h6-9H,2-5,10-15H2,1H3;7-10H,2-6,11-14H2,1H3;5*2-11H,1H3;3-10H2,1-2H3;5,7H,1-4H2,(H,8,9);1-3,6H,(H,7,8)/q2*-1;5*+1;;;/p-2. The Morgan fingerprint density at radius 3 is 0.993 bits per heavy atom. The largest absolute Gasteiger partial charge is 0.662 e. The molecule has 0 radical (unpaired) electrons. The number of H-pyrrole nitrogens is 1. The summed E-state index contributed by atoms with van der Waals surface area (Å²) in [5, 5.41) is 51.2. The molecule has 0 spiro atoms. The van der Waals surface area contributed by atoms with Gasteiger partial charge in [-0.25, -0.2) is 4.39 Å². The Morgan fingerprint density at radius 2 is 0.669 bits per heavy atom. The Hall–Kier alpha value is -12.1. The third kappa shape index (κ3) is 34.8. The summed E-state index contributed by atoms with van der Waals surface area (Å²) in [4.78, 5) is 42.0. The van der Waals surface area contributed by atoms with Gasteiger partial charge >= 0.3 is 0 Å². The third-order valence-corrected chi connectivity index (χ3v) is 38.1. The summed E-state index contributed by atoms with van der Waals surface area (Å²) in [6.07, 6.45) is 17.4. The number of halogens is 1. The number of aryl methyl sites for hydroxylation is 5.